The second-order valence-electron chi connectivity index (χ2n) is 9.23. The van der Waals surface area contributed by atoms with E-state index in [1.54, 1.807) is 13.3 Å². The molecule has 2 aromatic heterocycles. The van der Waals surface area contributed by atoms with Gasteiger partial charge in [0.2, 0.25) is 5.88 Å². The number of methoxy groups -OCH3 is 1. The second-order valence-corrected chi connectivity index (χ2v) is 9.23. The molecule has 5 rings (SSSR count). The van der Waals surface area contributed by atoms with Crippen molar-refractivity contribution in [3.8, 4) is 17.1 Å². The van der Waals surface area contributed by atoms with E-state index < -0.39 is 24.3 Å². The third-order valence-corrected chi connectivity index (χ3v) is 6.44. The molecule has 2 N–H and O–H groups in total. The Kier molecular flexibility index (Phi) is 9.97. The van der Waals surface area contributed by atoms with Crippen LogP contribution in [-0.2, 0) is 29.1 Å². The number of nitrogens with zero attached hydrogens (tertiary/aromatic N) is 4. The first-order chi connectivity index (χ1) is 19.2. The number of likely N-dealkylation sites (tertiary alicyclic amines) is 1. The number of carboxylic acids is 2. The molecule has 1 aromatic carbocycles. The van der Waals surface area contributed by atoms with Crippen LogP contribution in [0, 0.1) is 11.8 Å². The molecule has 2 unspecified atom stereocenters. The third-order valence-electron chi connectivity index (χ3n) is 6.44. The molecule has 2 aliphatic rings. The summed E-state index contributed by atoms with van der Waals surface area (Å²) in [6.07, 6.45) is -5.27. The number of hydrogen-bond donors (Lipinski definition) is 2. The number of rotatable bonds is 4. The Labute approximate surface area is 230 Å². The first-order valence-corrected chi connectivity index (χ1v) is 12.1. The van der Waals surface area contributed by atoms with E-state index in [-0.39, 0.29) is 0 Å². The van der Waals surface area contributed by atoms with Gasteiger partial charge in [0.1, 0.15) is 5.82 Å². The fraction of sp³-hybridized carbons (Fsp3) is 0.385. The topological polar surface area (TPSA) is 118 Å². The fourth-order valence-electron chi connectivity index (χ4n) is 4.66. The van der Waals surface area contributed by atoms with E-state index in [1.807, 2.05) is 12.3 Å². The minimum atomic E-state index is -5.08. The van der Waals surface area contributed by atoms with Crippen molar-refractivity contribution >= 4 is 11.9 Å². The largest absolute Gasteiger partial charge is 0.490 e. The van der Waals surface area contributed by atoms with E-state index in [4.69, 9.17) is 29.5 Å². The van der Waals surface area contributed by atoms with Crippen LogP contribution in [0.4, 0.5) is 26.3 Å². The van der Waals surface area contributed by atoms with Gasteiger partial charge in [-0.25, -0.2) is 19.6 Å². The number of aliphatic carboxylic acids is 2. The van der Waals surface area contributed by atoms with Crippen LogP contribution < -0.4 is 4.74 Å². The Morgan fingerprint density at radius 3 is 2.05 bits per heavy atom. The van der Waals surface area contributed by atoms with Gasteiger partial charge in [0, 0.05) is 44.4 Å². The SMILES string of the molecule is COc1ncccc1CN1CC2Cc3ncc(-c4ccccc4)n3CC2C1.O=C(O)C(F)(F)F.O=C(O)C(F)(F)F. The molecule has 222 valence electrons. The van der Waals surface area contributed by atoms with Gasteiger partial charge >= 0.3 is 24.3 Å². The zero-order valence-electron chi connectivity index (χ0n) is 21.6. The smallest absolute Gasteiger partial charge is 0.481 e. The van der Waals surface area contributed by atoms with Crippen molar-refractivity contribution in [1.29, 1.82) is 0 Å². The zero-order chi connectivity index (χ0) is 30.4. The molecule has 0 bridgehead atoms. The summed E-state index contributed by atoms with van der Waals surface area (Å²) in [4.78, 5) is 29.4. The number of imidazole rings is 1. The first kappa shape index (κ1) is 31.4. The van der Waals surface area contributed by atoms with Gasteiger partial charge in [-0.3, -0.25) is 4.90 Å². The minimum Gasteiger partial charge on any atom is -0.481 e. The number of pyridine rings is 1. The van der Waals surface area contributed by atoms with Crippen molar-refractivity contribution in [3.63, 3.8) is 0 Å². The van der Waals surface area contributed by atoms with Crippen molar-refractivity contribution in [3.05, 3.63) is 66.2 Å². The predicted molar refractivity (Wildman–Crippen MR) is 132 cm³/mol. The van der Waals surface area contributed by atoms with Crippen LogP contribution in [0.5, 0.6) is 5.88 Å². The van der Waals surface area contributed by atoms with Crippen molar-refractivity contribution < 1.29 is 50.9 Å². The molecule has 0 spiro atoms. The number of alkyl halides is 6. The lowest BCUT2D eigenvalue weighted by atomic mass is 9.89. The van der Waals surface area contributed by atoms with Crippen LogP contribution in [0.15, 0.2) is 54.9 Å². The van der Waals surface area contributed by atoms with E-state index in [9.17, 15) is 26.3 Å². The quantitative estimate of drug-likeness (QED) is 0.428. The third kappa shape index (κ3) is 8.42. The van der Waals surface area contributed by atoms with Gasteiger partial charge in [-0.1, -0.05) is 36.4 Å². The normalized spacial score (nSPS) is 18.1. The second kappa shape index (κ2) is 13.0. The Hall–Kier alpha value is -4.14. The van der Waals surface area contributed by atoms with E-state index in [2.05, 4.69) is 50.8 Å². The van der Waals surface area contributed by atoms with Crippen molar-refractivity contribution in [2.24, 2.45) is 11.8 Å². The fourth-order valence-corrected chi connectivity index (χ4v) is 4.66. The molecule has 15 heteroatoms. The summed E-state index contributed by atoms with van der Waals surface area (Å²) >= 11 is 0. The summed E-state index contributed by atoms with van der Waals surface area (Å²) in [6, 6.07) is 14.7. The van der Waals surface area contributed by atoms with Crippen LogP contribution >= 0.6 is 0 Å². The highest BCUT2D eigenvalue weighted by atomic mass is 19.4. The minimum absolute atomic E-state index is 0.678. The monoisotopic (exact) mass is 588 g/mol. The number of aromatic nitrogens is 3. The molecule has 9 nitrogen and oxygen atoms in total. The molecule has 0 amide bonds. The maximum atomic E-state index is 10.6. The molecule has 4 heterocycles. The van der Waals surface area contributed by atoms with Gasteiger partial charge in [-0.05, 0) is 23.5 Å². The Balaban J connectivity index is 0.000000276. The van der Waals surface area contributed by atoms with Crippen LogP contribution in [0.1, 0.15) is 11.4 Å². The van der Waals surface area contributed by atoms with Crippen molar-refractivity contribution in [2.75, 3.05) is 20.2 Å². The number of ether oxygens (including phenoxy) is 1. The van der Waals surface area contributed by atoms with Gasteiger partial charge in [0.25, 0.3) is 0 Å². The van der Waals surface area contributed by atoms with Crippen molar-refractivity contribution in [1.82, 2.24) is 19.4 Å². The van der Waals surface area contributed by atoms with E-state index in [0.29, 0.717) is 11.8 Å². The average Bonchev–Trinajstić information content (AvgIpc) is 3.50. The standard InChI is InChI=1S/C22H24N4O.2C2HF3O2/c1-27-22-17(8-5-9-23-22)12-25-13-18-10-21-24-11-20(16-6-3-2-4-7-16)26(21)15-19(18)14-25;2*3-2(4,5)1(6)7/h2-9,11,18-19H,10,12-15H2,1H3;2*(H,6,7). The Bertz CT molecular complexity index is 1310. The molecular formula is C26H26F6N4O5. The molecule has 3 aromatic rings. The number of carbonyl (C=O) groups is 2. The van der Waals surface area contributed by atoms with Crippen LogP contribution in [0.2, 0.25) is 0 Å². The highest BCUT2D eigenvalue weighted by molar-refractivity contribution is 5.73. The van der Waals surface area contributed by atoms with Crippen LogP contribution in [0.25, 0.3) is 11.3 Å². The Morgan fingerprint density at radius 2 is 1.49 bits per heavy atom. The molecule has 1 fully saturated rings. The molecule has 41 heavy (non-hydrogen) atoms. The lowest BCUT2D eigenvalue weighted by Crippen LogP contribution is -2.28. The van der Waals surface area contributed by atoms with E-state index in [1.165, 1.54) is 22.6 Å². The van der Waals surface area contributed by atoms with Crippen LogP contribution in [0.3, 0.4) is 0 Å². The van der Waals surface area contributed by atoms with Gasteiger partial charge in [0.05, 0.1) is 19.0 Å². The summed E-state index contributed by atoms with van der Waals surface area (Å²) in [6.45, 7) is 4.20. The summed E-state index contributed by atoms with van der Waals surface area (Å²) in [7, 11) is 1.69. The molecule has 0 saturated carbocycles. The molecular weight excluding hydrogens is 562 g/mol. The van der Waals surface area contributed by atoms with Gasteiger partial charge in [-0.15, -0.1) is 0 Å². The lowest BCUT2D eigenvalue weighted by Gasteiger charge is -2.27. The summed E-state index contributed by atoms with van der Waals surface area (Å²) in [5.41, 5.74) is 3.67. The highest BCUT2D eigenvalue weighted by Crippen LogP contribution is 2.36. The van der Waals surface area contributed by atoms with Crippen LogP contribution in [-0.4, -0.2) is 74.1 Å². The first-order valence-electron chi connectivity index (χ1n) is 12.1. The summed E-state index contributed by atoms with van der Waals surface area (Å²) < 4.78 is 71.3. The van der Waals surface area contributed by atoms with Gasteiger partial charge < -0.3 is 19.5 Å². The van der Waals surface area contributed by atoms with Crippen molar-refractivity contribution in [2.45, 2.75) is 31.9 Å². The number of halogens is 6. The molecule has 0 radical (unpaired) electrons. The molecule has 2 atom stereocenters. The highest BCUT2D eigenvalue weighted by Gasteiger charge is 2.39. The summed E-state index contributed by atoms with van der Waals surface area (Å²) in [5, 5.41) is 14.2. The maximum Gasteiger partial charge on any atom is 0.490 e. The van der Waals surface area contributed by atoms with Gasteiger partial charge in [0.15, 0.2) is 0 Å². The molecule has 2 aliphatic heterocycles. The zero-order valence-corrected chi connectivity index (χ0v) is 21.6. The number of hydrogen-bond acceptors (Lipinski definition) is 6. The average molecular weight is 589 g/mol. The van der Waals surface area contributed by atoms with Gasteiger partial charge in [-0.2, -0.15) is 26.3 Å². The summed E-state index contributed by atoms with van der Waals surface area (Å²) in [5.74, 6) is -2.18. The lowest BCUT2D eigenvalue weighted by molar-refractivity contribution is -0.193. The number of fused-ring (bicyclic) bond motifs is 2. The number of benzene rings is 1. The molecule has 0 aliphatic carbocycles. The maximum absolute atomic E-state index is 10.6. The number of carboxylic acid groups (broad SMARTS) is 2. The van der Waals surface area contributed by atoms with E-state index >= 15 is 0 Å². The molecule has 1 saturated heterocycles. The Morgan fingerprint density at radius 1 is 0.902 bits per heavy atom. The predicted octanol–water partition coefficient (Wildman–Crippen LogP) is 4.52. The van der Waals surface area contributed by atoms with E-state index in [0.717, 1.165) is 38.5 Å².